The molecule has 2 heterocycles. The van der Waals surface area contributed by atoms with Crippen LogP contribution in [0.3, 0.4) is 0 Å². The first-order valence-electron chi connectivity index (χ1n) is 10.5. The number of hydrogen-bond donors (Lipinski definition) is 2. The van der Waals surface area contributed by atoms with E-state index in [2.05, 4.69) is 5.32 Å². The average molecular weight is 422 g/mol. The number of nitrogens with zero attached hydrogens (tertiary/aromatic N) is 1. The molecule has 7 heteroatoms. The number of carboxylic acid groups (broad SMARTS) is 1. The van der Waals surface area contributed by atoms with Gasteiger partial charge in [0.05, 0.1) is 19.1 Å². The van der Waals surface area contributed by atoms with Gasteiger partial charge in [-0.2, -0.15) is 0 Å². The van der Waals surface area contributed by atoms with Crippen molar-refractivity contribution < 1.29 is 24.2 Å². The van der Waals surface area contributed by atoms with Crippen molar-refractivity contribution in [1.82, 2.24) is 10.2 Å². The Balaban J connectivity index is 1.87. The molecule has 4 rings (SSSR count). The predicted molar refractivity (Wildman–Crippen MR) is 114 cm³/mol. The molecule has 0 radical (unpaired) electrons. The molecule has 0 aromatic heterocycles. The molecule has 2 fully saturated rings. The lowest BCUT2D eigenvalue weighted by atomic mass is 9.85. The number of benzene rings is 2. The first-order chi connectivity index (χ1) is 15.0. The summed E-state index contributed by atoms with van der Waals surface area (Å²) in [7, 11) is 1.55. The summed E-state index contributed by atoms with van der Waals surface area (Å²) in [5.41, 5.74) is -0.0910. The van der Waals surface area contributed by atoms with Gasteiger partial charge in [0, 0.05) is 12.1 Å². The van der Waals surface area contributed by atoms with Gasteiger partial charge in [-0.05, 0) is 55.5 Å². The number of methoxy groups -OCH3 is 1. The van der Waals surface area contributed by atoms with Crippen LogP contribution < -0.4 is 10.1 Å². The Bertz CT molecular complexity index is 975. The minimum absolute atomic E-state index is 0.0929. The second-order valence-electron chi connectivity index (χ2n) is 8.15. The molecule has 7 nitrogen and oxygen atoms in total. The van der Waals surface area contributed by atoms with Gasteiger partial charge < -0.3 is 20.1 Å². The molecule has 0 bridgehead atoms. The SMILES string of the molecule is COc1ccc(C(=O)N2[C@@H](c3ccccc3)[C@@H](C(=O)O)C[C@]23CCCCNC3=O)cc1. The van der Waals surface area contributed by atoms with Crippen LogP contribution in [0, 0.1) is 5.92 Å². The van der Waals surface area contributed by atoms with E-state index in [1.54, 1.807) is 36.3 Å². The topological polar surface area (TPSA) is 95.9 Å². The number of aliphatic carboxylic acids is 1. The lowest BCUT2D eigenvalue weighted by molar-refractivity contribution is -0.142. The van der Waals surface area contributed by atoms with Gasteiger partial charge in [0.2, 0.25) is 5.91 Å². The van der Waals surface area contributed by atoms with Gasteiger partial charge in [0.1, 0.15) is 11.3 Å². The Morgan fingerprint density at radius 2 is 1.81 bits per heavy atom. The summed E-state index contributed by atoms with van der Waals surface area (Å²) < 4.78 is 5.19. The molecule has 2 aromatic carbocycles. The van der Waals surface area contributed by atoms with Gasteiger partial charge in [-0.25, -0.2) is 0 Å². The summed E-state index contributed by atoms with van der Waals surface area (Å²) in [5, 5.41) is 13.0. The highest BCUT2D eigenvalue weighted by Crippen LogP contribution is 2.50. The fourth-order valence-electron chi connectivity index (χ4n) is 4.91. The molecule has 0 unspecified atom stereocenters. The standard InChI is InChI=1S/C24H26N2O5/c1-31-18-11-9-17(10-12-18)21(27)26-20(16-7-3-2-4-8-16)19(22(28)29)15-24(26)13-5-6-14-25-23(24)30/h2-4,7-12,19-20H,5-6,13-15H2,1H3,(H,25,30)(H,28,29)/t19-,20-,24-/m0/s1. The van der Waals surface area contributed by atoms with Gasteiger partial charge >= 0.3 is 5.97 Å². The van der Waals surface area contributed by atoms with E-state index in [9.17, 15) is 19.5 Å². The number of hydrogen-bond acceptors (Lipinski definition) is 4. The Morgan fingerprint density at radius 3 is 2.45 bits per heavy atom. The van der Waals surface area contributed by atoms with E-state index in [0.29, 0.717) is 29.8 Å². The van der Waals surface area contributed by atoms with Crippen molar-refractivity contribution >= 4 is 17.8 Å². The number of nitrogens with one attached hydrogen (secondary N) is 1. The van der Waals surface area contributed by atoms with Gasteiger partial charge in [-0.3, -0.25) is 14.4 Å². The van der Waals surface area contributed by atoms with Gasteiger partial charge in [0.25, 0.3) is 5.91 Å². The normalized spacial score (nSPS) is 25.7. The van der Waals surface area contributed by atoms with Crippen LogP contribution in [0.1, 0.15) is 47.6 Å². The third kappa shape index (κ3) is 3.65. The second-order valence-corrected chi connectivity index (χ2v) is 8.15. The fraction of sp³-hybridized carbons (Fsp3) is 0.375. The first kappa shape index (κ1) is 20.9. The van der Waals surface area contributed by atoms with Crippen LogP contribution in [-0.2, 0) is 9.59 Å². The van der Waals surface area contributed by atoms with Crippen LogP contribution in [0.2, 0.25) is 0 Å². The van der Waals surface area contributed by atoms with E-state index < -0.39 is 23.5 Å². The highest BCUT2D eigenvalue weighted by Gasteiger charge is 2.60. The third-order valence-corrected chi connectivity index (χ3v) is 6.42. The van der Waals surface area contributed by atoms with Crippen molar-refractivity contribution in [2.75, 3.05) is 13.7 Å². The van der Waals surface area contributed by atoms with Crippen LogP contribution in [0.5, 0.6) is 5.75 Å². The molecule has 2 aliphatic heterocycles. The van der Waals surface area contributed by atoms with E-state index in [4.69, 9.17) is 4.74 Å². The molecule has 2 aliphatic rings. The molecule has 162 valence electrons. The lowest BCUT2D eigenvalue weighted by Crippen LogP contribution is -2.57. The summed E-state index contributed by atoms with van der Waals surface area (Å²) in [6.07, 6.45) is 2.06. The molecule has 2 amide bonds. The third-order valence-electron chi connectivity index (χ3n) is 6.42. The Hall–Kier alpha value is -3.35. The van der Waals surface area contributed by atoms with Crippen molar-refractivity contribution in [2.24, 2.45) is 5.92 Å². The number of carbonyl (C=O) groups is 3. The first-order valence-corrected chi connectivity index (χ1v) is 10.5. The summed E-state index contributed by atoms with van der Waals surface area (Å²) in [6, 6.07) is 15.1. The van der Waals surface area contributed by atoms with Crippen LogP contribution in [-0.4, -0.2) is 47.0 Å². The van der Waals surface area contributed by atoms with Crippen molar-refractivity contribution in [3.05, 3.63) is 65.7 Å². The van der Waals surface area contributed by atoms with Crippen LogP contribution in [0.15, 0.2) is 54.6 Å². The predicted octanol–water partition coefficient (Wildman–Crippen LogP) is 3.02. The smallest absolute Gasteiger partial charge is 0.309 e. The van der Waals surface area contributed by atoms with E-state index in [-0.39, 0.29) is 18.2 Å². The highest BCUT2D eigenvalue weighted by molar-refractivity contribution is 6.01. The van der Waals surface area contributed by atoms with Gasteiger partial charge in [0.15, 0.2) is 0 Å². The molecule has 2 saturated heterocycles. The zero-order valence-corrected chi connectivity index (χ0v) is 17.4. The minimum atomic E-state index is -1.20. The minimum Gasteiger partial charge on any atom is -0.497 e. The quantitative estimate of drug-likeness (QED) is 0.790. The van der Waals surface area contributed by atoms with Crippen molar-refractivity contribution in [1.29, 1.82) is 0 Å². The van der Waals surface area contributed by atoms with Gasteiger partial charge in [-0.15, -0.1) is 0 Å². The summed E-state index contributed by atoms with van der Waals surface area (Å²) in [5.74, 6) is -1.89. The summed E-state index contributed by atoms with van der Waals surface area (Å²) >= 11 is 0. The largest absolute Gasteiger partial charge is 0.497 e. The number of rotatable bonds is 4. The van der Waals surface area contributed by atoms with E-state index in [1.807, 2.05) is 30.3 Å². The van der Waals surface area contributed by atoms with E-state index >= 15 is 0 Å². The van der Waals surface area contributed by atoms with E-state index in [0.717, 1.165) is 12.8 Å². The maximum absolute atomic E-state index is 13.8. The number of carboxylic acids is 1. The van der Waals surface area contributed by atoms with Crippen LogP contribution >= 0.6 is 0 Å². The van der Waals surface area contributed by atoms with Crippen molar-refractivity contribution in [2.45, 2.75) is 37.3 Å². The van der Waals surface area contributed by atoms with E-state index in [1.165, 1.54) is 0 Å². The number of likely N-dealkylation sites (tertiary alicyclic amines) is 1. The fourth-order valence-corrected chi connectivity index (χ4v) is 4.91. The molecule has 2 aromatic rings. The number of amides is 2. The van der Waals surface area contributed by atoms with Crippen molar-refractivity contribution in [3.8, 4) is 5.75 Å². The second kappa shape index (κ2) is 8.41. The zero-order chi connectivity index (χ0) is 22.0. The Kier molecular flexibility index (Phi) is 5.67. The zero-order valence-electron chi connectivity index (χ0n) is 17.4. The molecular formula is C24H26N2O5. The molecule has 1 spiro atoms. The average Bonchev–Trinajstić information content (AvgIpc) is 3.04. The molecule has 31 heavy (non-hydrogen) atoms. The van der Waals surface area contributed by atoms with Crippen LogP contribution in [0.25, 0.3) is 0 Å². The van der Waals surface area contributed by atoms with Crippen LogP contribution in [0.4, 0.5) is 0 Å². The highest BCUT2D eigenvalue weighted by atomic mass is 16.5. The summed E-state index contributed by atoms with van der Waals surface area (Å²) in [4.78, 5) is 41.0. The van der Waals surface area contributed by atoms with Crippen molar-refractivity contribution in [3.63, 3.8) is 0 Å². The number of ether oxygens (including phenoxy) is 1. The number of carbonyl (C=O) groups excluding carboxylic acids is 2. The Morgan fingerprint density at radius 1 is 1.10 bits per heavy atom. The molecule has 0 aliphatic carbocycles. The maximum Gasteiger partial charge on any atom is 0.309 e. The molecule has 3 atom stereocenters. The molecule has 0 saturated carbocycles. The molecular weight excluding hydrogens is 396 g/mol. The molecule has 2 N–H and O–H groups in total. The Labute approximate surface area is 181 Å². The monoisotopic (exact) mass is 422 g/mol. The maximum atomic E-state index is 13.8. The van der Waals surface area contributed by atoms with Gasteiger partial charge in [-0.1, -0.05) is 30.3 Å². The lowest BCUT2D eigenvalue weighted by Gasteiger charge is -2.39. The summed E-state index contributed by atoms with van der Waals surface area (Å²) in [6.45, 7) is 0.527.